The average Bonchev–Trinajstić information content (AvgIpc) is 3.50. The average molecular weight is 411 g/mol. The van der Waals surface area contributed by atoms with E-state index < -0.39 is 6.17 Å². The summed E-state index contributed by atoms with van der Waals surface area (Å²) in [6, 6.07) is 15.3. The molecule has 1 aliphatic carbocycles. The summed E-state index contributed by atoms with van der Waals surface area (Å²) < 4.78 is 17.6. The van der Waals surface area contributed by atoms with Crippen molar-refractivity contribution in [2.24, 2.45) is 0 Å². The van der Waals surface area contributed by atoms with Crippen LogP contribution < -0.4 is 5.73 Å². The predicted octanol–water partition coefficient (Wildman–Crippen LogP) is 3.69. The molecule has 1 aromatic carbocycles. The maximum Gasteiger partial charge on any atom is 0.167 e. The number of nitrogens with two attached hydrogens (primary N) is 1. The zero-order valence-corrected chi connectivity index (χ0v) is 16.5. The molecular weight excluding hydrogens is 393 g/mol. The van der Waals surface area contributed by atoms with Gasteiger partial charge >= 0.3 is 0 Å². The predicted molar refractivity (Wildman–Crippen MR) is 116 cm³/mol. The van der Waals surface area contributed by atoms with Gasteiger partial charge in [-0.25, -0.2) is 24.0 Å². The van der Waals surface area contributed by atoms with Crippen molar-refractivity contribution in [2.75, 3.05) is 5.73 Å². The molecule has 2 N–H and O–H groups in total. The van der Waals surface area contributed by atoms with Gasteiger partial charge in [0.05, 0.1) is 5.56 Å². The van der Waals surface area contributed by atoms with Gasteiger partial charge in [-0.2, -0.15) is 5.10 Å². The number of nitrogen functional groups attached to an aromatic ring is 1. The van der Waals surface area contributed by atoms with Crippen molar-refractivity contribution in [1.29, 1.82) is 0 Å². The Labute approximate surface area is 177 Å². The summed E-state index contributed by atoms with van der Waals surface area (Å²) in [5.41, 5.74) is 11.2. The monoisotopic (exact) mass is 411 g/mol. The van der Waals surface area contributed by atoms with Crippen LogP contribution in [0.4, 0.5) is 10.2 Å². The first-order valence-corrected chi connectivity index (χ1v) is 10.0. The molecule has 1 aliphatic rings. The Morgan fingerprint density at radius 2 is 1.87 bits per heavy atom. The van der Waals surface area contributed by atoms with Gasteiger partial charge in [-0.1, -0.05) is 6.07 Å². The van der Waals surface area contributed by atoms with Crippen molar-refractivity contribution in [1.82, 2.24) is 29.3 Å². The van der Waals surface area contributed by atoms with Gasteiger partial charge in [0.15, 0.2) is 17.3 Å². The van der Waals surface area contributed by atoms with Crippen LogP contribution in [0, 0.1) is 0 Å². The number of nitrogens with zero attached hydrogens (tertiary/aromatic N) is 6. The van der Waals surface area contributed by atoms with Gasteiger partial charge in [0.2, 0.25) is 0 Å². The fraction of sp³-hybridized carbons (Fsp3) is 0.130. The summed E-state index contributed by atoms with van der Waals surface area (Å²) in [5, 5.41) is 4.28. The van der Waals surface area contributed by atoms with Gasteiger partial charge in [-0.05, 0) is 53.6 Å². The van der Waals surface area contributed by atoms with Gasteiger partial charge in [-0.3, -0.25) is 4.57 Å². The molecule has 0 amide bonds. The van der Waals surface area contributed by atoms with E-state index in [2.05, 4.69) is 10.1 Å². The summed E-state index contributed by atoms with van der Waals surface area (Å²) in [6.45, 7) is 0. The van der Waals surface area contributed by atoms with Crippen molar-refractivity contribution in [2.45, 2.75) is 19.0 Å². The number of pyridine rings is 2. The molecule has 6 rings (SSSR count). The zero-order chi connectivity index (χ0) is 20.9. The van der Waals surface area contributed by atoms with Crippen LogP contribution in [0.2, 0.25) is 0 Å². The number of hydrogen-bond acceptors (Lipinski definition) is 5. The van der Waals surface area contributed by atoms with E-state index in [0.717, 1.165) is 22.3 Å². The molecule has 0 aliphatic heterocycles. The van der Waals surface area contributed by atoms with E-state index in [0.29, 0.717) is 41.5 Å². The van der Waals surface area contributed by atoms with E-state index in [1.807, 2.05) is 59.3 Å². The summed E-state index contributed by atoms with van der Waals surface area (Å²) in [5.74, 6) is 1.70. The van der Waals surface area contributed by atoms with Crippen molar-refractivity contribution in [3.05, 3.63) is 78.2 Å². The number of rotatable bonds is 3. The number of fused-ring (bicyclic) bond motifs is 2. The fourth-order valence-electron chi connectivity index (χ4n) is 4.20. The van der Waals surface area contributed by atoms with Gasteiger partial charge in [0.25, 0.3) is 0 Å². The lowest BCUT2D eigenvalue weighted by molar-refractivity contribution is 0.349. The second-order valence-corrected chi connectivity index (χ2v) is 7.63. The second kappa shape index (κ2) is 6.73. The molecule has 4 aromatic heterocycles. The Morgan fingerprint density at radius 1 is 0.968 bits per heavy atom. The van der Waals surface area contributed by atoms with Crippen LogP contribution in [0.15, 0.2) is 67.1 Å². The Hall–Kier alpha value is -4.07. The van der Waals surface area contributed by atoms with Crippen molar-refractivity contribution in [3.63, 3.8) is 0 Å². The molecule has 8 heteroatoms. The summed E-state index contributed by atoms with van der Waals surface area (Å²) in [7, 11) is 0. The molecule has 0 spiro atoms. The standard InChI is InChI=1S/C23H18FN7/c24-16-11-14-4-5-17(13-15(14)12-16)31-22(18-3-1-8-26-21(18)25)28-19-6-7-20(29-23(19)31)30-10-2-9-27-30/h1-10,13,16H,11-12H2,(H2,25,26)/t16-/m0/s1. The first-order valence-electron chi connectivity index (χ1n) is 10.0. The minimum Gasteiger partial charge on any atom is -0.383 e. The number of hydrogen-bond donors (Lipinski definition) is 1. The highest BCUT2D eigenvalue weighted by Crippen LogP contribution is 2.33. The van der Waals surface area contributed by atoms with Crippen molar-refractivity contribution in [3.8, 4) is 22.9 Å². The van der Waals surface area contributed by atoms with Gasteiger partial charge in [0, 0.05) is 37.1 Å². The third-order valence-electron chi connectivity index (χ3n) is 5.64. The molecule has 0 saturated carbocycles. The Kier molecular flexibility index (Phi) is 3.86. The minimum atomic E-state index is -0.831. The fourth-order valence-corrected chi connectivity index (χ4v) is 4.20. The largest absolute Gasteiger partial charge is 0.383 e. The lowest BCUT2D eigenvalue weighted by Crippen LogP contribution is -2.04. The maximum atomic E-state index is 14.0. The molecule has 0 fully saturated rings. The van der Waals surface area contributed by atoms with Gasteiger partial charge in [0.1, 0.15) is 17.5 Å². The first-order chi connectivity index (χ1) is 15.2. The number of alkyl halides is 1. The van der Waals surface area contributed by atoms with Gasteiger partial charge < -0.3 is 5.73 Å². The van der Waals surface area contributed by atoms with Crippen LogP contribution in [-0.4, -0.2) is 35.5 Å². The molecule has 1 atom stereocenters. The molecule has 0 unspecified atom stereocenters. The summed E-state index contributed by atoms with van der Waals surface area (Å²) >= 11 is 0. The minimum absolute atomic E-state index is 0.385. The number of anilines is 1. The van der Waals surface area contributed by atoms with E-state index in [4.69, 9.17) is 15.7 Å². The van der Waals surface area contributed by atoms with Crippen molar-refractivity contribution >= 4 is 17.0 Å². The molecule has 5 aromatic rings. The normalized spacial score (nSPS) is 15.5. The second-order valence-electron chi connectivity index (χ2n) is 7.63. The van der Waals surface area contributed by atoms with Crippen LogP contribution in [0.1, 0.15) is 11.1 Å². The highest BCUT2D eigenvalue weighted by Gasteiger charge is 2.23. The molecule has 0 bridgehead atoms. The molecule has 152 valence electrons. The Bertz CT molecular complexity index is 1420. The Balaban J connectivity index is 1.63. The smallest absolute Gasteiger partial charge is 0.167 e. The van der Waals surface area contributed by atoms with E-state index in [1.165, 1.54) is 0 Å². The van der Waals surface area contributed by atoms with Crippen LogP contribution in [0.5, 0.6) is 0 Å². The topological polar surface area (TPSA) is 87.4 Å². The molecule has 7 nitrogen and oxygen atoms in total. The zero-order valence-electron chi connectivity index (χ0n) is 16.5. The lowest BCUT2D eigenvalue weighted by Gasteiger charge is -2.12. The van der Waals surface area contributed by atoms with Crippen LogP contribution in [0.3, 0.4) is 0 Å². The third kappa shape index (κ3) is 2.87. The quantitative estimate of drug-likeness (QED) is 0.489. The molecule has 31 heavy (non-hydrogen) atoms. The van der Waals surface area contributed by atoms with E-state index in [1.54, 1.807) is 17.1 Å². The Morgan fingerprint density at radius 3 is 2.71 bits per heavy atom. The molecule has 0 saturated heterocycles. The van der Waals surface area contributed by atoms with Crippen LogP contribution in [-0.2, 0) is 12.8 Å². The number of halogens is 1. The molecular formula is C23H18FN7. The highest BCUT2D eigenvalue weighted by atomic mass is 19.1. The molecule has 4 heterocycles. The maximum absolute atomic E-state index is 14.0. The highest BCUT2D eigenvalue weighted by molar-refractivity contribution is 5.83. The van der Waals surface area contributed by atoms with Crippen LogP contribution in [0.25, 0.3) is 34.1 Å². The van der Waals surface area contributed by atoms with E-state index in [-0.39, 0.29) is 0 Å². The SMILES string of the molecule is Nc1ncccc1-c1nc2ccc(-n3cccn3)nc2n1-c1ccc2c(c1)C[C@@H](F)C2. The van der Waals surface area contributed by atoms with Crippen molar-refractivity contribution < 1.29 is 4.39 Å². The first kappa shape index (κ1) is 17.8. The summed E-state index contributed by atoms with van der Waals surface area (Å²) in [4.78, 5) is 13.9. The number of imidazole rings is 1. The van der Waals surface area contributed by atoms with E-state index in [9.17, 15) is 4.39 Å². The number of aromatic nitrogens is 6. The van der Waals surface area contributed by atoms with E-state index >= 15 is 0 Å². The summed E-state index contributed by atoms with van der Waals surface area (Å²) in [6.07, 6.45) is 5.25. The lowest BCUT2D eigenvalue weighted by atomic mass is 10.1. The van der Waals surface area contributed by atoms with Crippen LogP contribution >= 0.6 is 0 Å². The third-order valence-corrected chi connectivity index (χ3v) is 5.64. The molecule has 0 radical (unpaired) electrons. The van der Waals surface area contributed by atoms with Gasteiger partial charge in [-0.15, -0.1) is 0 Å². The number of benzene rings is 1.